The lowest BCUT2D eigenvalue weighted by atomic mass is 10.1. The normalized spacial score (nSPS) is 11.8. The van der Waals surface area contributed by atoms with Crippen LogP contribution in [0.4, 0.5) is 26.3 Å². The number of hydrogen-bond acceptors (Lipinski definition) is 8. The molecule has 0 radical (unpaired) electrons. The molecular weight excluding hydrogens is 913 g/mol. The van der Waals surface area contributed by atoms with Gasteiger partial charge in [-0.2, -0.15) is 26.3 Å². The number of carbonyl (C=O) groups is 4. The number of hydrogen-bond donors (Lipinski definition) is 5. The molecule has 0 saturated carbocycles. The van der Waals surface area contributed by atoms with Crippen molar-refractivity contribution in [3.05, 3.63) is 165 Å². The fourth-order valence-electron chi connectivity index (χ4n) is 5.30. The largest absolute Gasteiger partial charge is 0.486 e. The van der Waals surface area contributed by atoms with E-state index in [-0.39, 0.29) is 12.2 Å². The second-order valence-electron chi connectivity index (χ2n) is 13.5. The highest BCUT2D eigenvalue weighted by Crippen LogP contribution is 2.34. The molecule has 0 bridgehead atoms. The molecule has 350 valence electrons. The first-order valence-corrected chi connectivity index (χ1v) is 19.7. The number of alkyl halides is 6. The van der Waals surface area contributed by atoms with Gasteiger partial charge in [-0.15, -0.1) is 0 Å². The Kier molecular flexibility index (Phi) is 22.8. The van der Waals surface area contributed by atoms with Gasteiger partial charge in [-0.1, -0.05) is 77.8 Å². The van der Waals surface area contributed by atoms with E-state index in [9.17, 15) is 26.3 Å². The number of halogens is 8. The quantitative estimate of drug-likeness (QED) is 0.0525. The maximum Gasteiger partial charge on any atom is 0.416 e. The van der Waals surface area contributed by atoms with Crippen LogP contribution in [0.25, 0.3) is 0 Å². The highest BCUT2D eigenvalue weighted by atomic mass is 35.5. The molecule has 2 atom stereocenters. The van der Waals surface area contributed by atoms with Gasteiger partial charge in [0.15, 0.2) is 0 Å². The summed E-state index contributed by atoms with van der Waals surface area (Å²) in [6.45, 7) is 2.27. The van der Waals surface area contributed by atoms with E-state index in [1.165, 1.54) is 29.8 Å². The van der Waals surface area contributed by atoms with Crippen molar-refractivity contribution in [3.8, 4) is 11.5 Å². The second kappa shape index (κ2) is 27.1. The molecule has 5 rings (SSSR count). The van der Waals surface area contributed by atoms with Crippen molar-refractivity contribution in [1.29, 1.82) is 0 Å². The SMILES string of the molecule is CN(CCC(Oc1ccc(C(F)(F)F)cc1)c1ccc(Cl)cc1)Cc1ccccc1.CNCCC(Oc1ccc(C(F)(F)F)cc1)c1ccc(Cl)cc1.O=C(O)C(=O)O.O=C(O)C(=O)O. The summed E-state index contributed by atoms with van der Waals surface area (Å²) in [6.07, 6.45) is -7.94. The number of rotatable bonds is 14. The summed E-state index contributed by atoms with van der Waals surface area (Å²) in [7, 11) is 3.86. The van der Waals surface area contributed by atoms with Crippen LogP contribution in [0.15, 0.2) is 127 Å². The smallest absolute Gasteiger partial charge is 0.416 e. The van der Waals surface area contributed by atoms with Gasteiger partial charge in [0.1, 0.15) is 23.7 Å². The van der Waals surface area contributed by atoms with Gasteiger partial charge in [0, 0.05) is 36.0 Å². The summed E-state index contributed by atoms with van der Waals surface area (Å²) in [5.41, 5.74) is 1.67. The van der Waals surface area contributed by atoms with Crippen molar-refractivity contribution in [2.45, 2.75) is 43.9 Å². The van der Waals surface area contributed by atoms with Crippen LogP contribution in [0.3, 0.4) is 0 Å². The number of nitrogens with zero attached hydrogens (tertiary/aromatic N) is 1. The molecule has 5 aromatic rings. The molecule has 20 heteroatoms. The van der Waals surface area contributed by atoms with Crippen LogP contribution in [0.1, 0.15) is 52.9 Å². The molecule has 12 nitrogen and oxygen atoms in total. The Labute approximate surface area is 379 Å². The lowest BCUT2D eigenvalue weighted by Gasteiger charge is -2.23. The summed E-state index contributed by atoms with van der Waals surface area (Å²) >= 11 is 11.9. The van der Waals surface area contributed by atoms with E-state index in [1.54, 1.807) is 24.3 Å². The third kappa shape index (κ3) is 21.7. The van der Waals surface area contributed by atoms with Gasteiger partial charge in [0.2, 0.25) is 0 Å². The molecule has 0 fully saturated rings. The van der Waals surface area contributed by atoms with Crippen molar-refractivity contribution in [2.24, 2.45) is 0 Å². The van der Waals surface area contributed by atoms with E-state index < -0.39 is 47.4 Å². The zero-order chi connectivity index (χ0) is 48.7. The standard InChI is InChI=1S/C24H23ClF3NO.C17H17ClF3NO.2C2H2O4/c1-29(17-18-5-3-2-4-6-18)16-15-23(19-7-11-21(25)12-8-19)30-22-13-9-20(10-14-22)24(26,27)28;1-22-11-10-16(12-2-6-14(18)7-3-12)23-15-8-4-13(5-9-15)17(19,20)21;2*3-1(4)2(5)6/h2-14,23H,15-17H2,1H3;2-9,16,22H,10-11H2,1H3;2*(H,3,4)(H,5,6). The highest BCUT2D eigenvalue weighted by molar-refractivity contribution is 6.31. The molecule has 0 aliphatic heterocycles. The third-order valence-corrected chi connectivity index (χ3v) is 9.00. The van der Waals surface area contributed by atoms with Crippen molar-refractivity contribution in [1.82, 2.24) is 10.2 Å². The lowest BCUT2D eigenvalue weighted by Crippen LogP contribution is -2.22. The van der Waals surface area contributed by atoms with Gasteiger partial charge < -0.3 is 40.1 Å². The van der Waals surface area contributed by atoms with Crippen molar-refractivity contribution in [2.75, 3.05) is 27.2 Å². The zero-order valence-corrected chi connectivity index (χ0v) is 36.0. The minimum absolute atomic E-state index is 0.267. The second-order valence-corrected chi connectivity index (χ2v) is 14.4. The molecule has 0 aliphatic rings. The van der Waals surface area contributed by atoms with Crippen molar-refractivity contribution >= 4 is 47.1 Å². The Balaban J connectivity index is 0.000000364. The van der Waals surface area contributed by atoms with E-state index >= 15 is 0 Å². The topological polar surface area (TPSA) is 183 Å². The molecule has 5 aromatic carbocycles. The predicted molar refractivity (Wildman–Crippen MR) is 229 cm³/mol. The first-order chi connectivity index (χ1) is 30.5. The maximum absolute atomic E-state index is 12.8. The summed E-state index contributed by atoms with van der Waals surface area (Å²) in [5.74, 6) is -6.50. The van der Waals surface area contributed by atoms with E-state index in [0.29, 0.717) is 40.9 Å². The molecule has 2 unspecified atom stereocenters. The molecule has 0 aliphatic carbocycles. The van der Waals surface area contributed by atoms with E-state index in [2.05, 4.69) is 22.3 Å². The Morgan fingerprint density at radius 1 is 0.569 bits per heavy atom. The van der Waals surface area contributed by atoms with E-state index in [0.717, 1.165) is 48.5 Å². The van der Waals surface area contributed by atoms with Crippen molar-refractivity contribution < 1.29 is 75.4 Å². The number of nitrogens with one attached hydrogen (secondary N) is 1. The molecular formula is C45H44Cl2F6N2O10. The molecule has 0 amide bonds. The first-order valence-electron chi connectivity index (χ1n) is 19.0. The van der Waals surface area contributed by atoms with Crippen LogP contribution in [0.2, 0.25) is 10.0 Å². The van der Waals surface area contributed by atoms with Gasteiger partial charge >= 0.3 is 36.2 Å². The summed E-state index contributed by atoms with van der Waals surface area (Å²) in [6, 6.07) is 34.2. The summed E-state index contributed by atoms with van der Waals surface area (Å²) in [5, 5.41) is 33.8. The Morgan fingerprint density at radius 3 is 1.25 bits per heavy atom. The first kappa shape index (κ1) is 54.8. The van der Waals surface area contributed by atoms with Gasteiger partial charge in [0.05, 0.1) is 11.1 Å². The molecule has 5 N–H and O–H groups in total. The van der Waals surface area contributed by atoms with Gasteiger partial charge in [-0.25, -0.2) is 19.2 Å². The predicted octanol–water partition coefficient (Wildman–Crippen LogP) is 10.4. The van der Waals surface area contributed by atoms with Crippen LogP contribution in [-0.4, -0.2) is 76.4 Å². The number of carboxylic acid groups (broad SMARTS) is 4. The number of benzene rings is 5. The van der Waals surface area contributed by atoms with Gasteiger partial charge in [-0.05, 0) is 110 Å². The van der Waals surface area contributed by atoms with Crippen LogP contribution in [-0.2, 0) is 38.1 Å². The van der Waals surface area contributed by atoms with Crippen LogP contribution in [0.5, 0.6) is 11.5 Å². The van der Waals surface area contributed by atoms with Crippen LogP contribution in [0, 0.1) is 0 Å². The van der Waals surface area contributed by atoms with Crippen LogP contribution >= 0.6 is 23.2 Å². The minimum atomic E-state index is -4.37. The zero-order valence-electron chi connectivity index (χ0n) is 34.5. The number of aliphatic carboxylic acids is 4. The molecule has 0 saturated heterocycles. The maximum atomic E-state index is 12.8. The average Bonchev–Trinajstić information content (AvgIpc) is 3.25. The Bertz CT molecular complexity index is 2170. The molecule has 0 spiro atoms. The number of carboxylic acids is 4. The van der Waals surface area contributed by atoms with E-state index in [4.69, 9.17) is 72.3 Å². The fraction of sp³-hybridized carbons (Fsp3) is 0.244. The molecule has 65 heavy (non-hydrogen) atoms. The fourth-order valence-corrected chi connectivity index (χ4v) is 5.55. The Morgan fingerprint density at radius 2 is 0.923 bits per heavy atom. The lowest BCUT2D eigenvalue weighted by molar-refractivity contribution is -0.159. The summed E-state index contributed by atoms with van der Waals surface area (Å²) < 4.78 is 88.1. The molecule has 0 aromatic heterocycles. The van der Waals surface area contributed by atoms with E-state index in [1.807, 2.05) is 56.6 Å². The number of ether oxygens (including phenoxy) is 2. The minimum Gasteiger partial charge on any atom is -0.486 e. The highest BCUT2D eigenvalue weighted by Gasteiger charge is 2.31. The molecule has 0 heterocycles. The van der Waals surface area contributed by atoms with Gasteiger partial charge in [0.25, 0.3) is 0 Å². The monoisotopic (exact) mass is 956 g/mol. The average molecular weight is 958 g/mol. The van der Waals surface area contributed by atoms with Crippen LogP contribution < -0.4 is 14.8 Å². The third-order valence-electron chi connectivity index (χ3n) is 8.49. The van der Waals surface area contributed by atoms with Crippen molar-refractivity contribution in [3.63, 3.8) is 0 Å². The van der Waals surface area contributed by atoms with Gasteiger partial charge in [-0.3, -0.25) is 0 Å². The summed E-state index contributed by atoms with van der Waals surface area (Å²) in [4.78, 5) is 38.6. The Hall–Kier alpha value is -6.34.